The Hall–Kier alpha value is -1.82. The van der Waals surface area contributed by atoms with Crippen molar-refractivity contribution in [3.8, 4) is 0 Å². The Bertz CT molecular complexity index is 754. The molecule has 4 N–H and O–H groups in total. The molecule has 0 aromatic rings. The number of rotatable bonds is 24. The maximum absolute atomic E-state index is 12.5. The van der Waals surface area contributed by atoms with E-state index in [0.29, 0.717) is 12.8 Å². The highest BCUT2D eigenvalue weighted by Gasteiger charge is 2.44. The predicted molar refractivity (Wildman–Crippen MR) is 159 cm³/mol. The minimum absolute atomic E-state index is 0.212. The Morgan fingerprint density at radius 1 is 0.738 bits per heavy atom. The van der Waals surface area contributed by atoms with E-state index in [1.54, 1.807) is 0 Å². The molecule has 1 aliphatic heterocycles. The molecule has 1 fully saturated rings. The molecule has 0 amide bonds. The first kappa shape index (κ1) is 38.2. The molecule has 0 saturated carbocycles. The van der Waals surface area contributed by atoms with E-state index < -0.39 is 55.4 Å². The maximum atomic E-state index is 12.5. The molecule has 6 atom stereocenters. The summed E-state index contributed by atoms with van der Waals surface area (Å²) in [5.41, 5.74) is 0. The van der Waals surface area contributed by atoms with Crippen molar-refractivity contribution < 1.29 is 49.0 Å². The maximum Gasteiger partial charge on any atom is 0.306 e. The summed E-state index contributed by atoms with van der Waals surface area (Å²) in [6.45, 7) is 2.96. The van der Waals surface area contributed by atoms with Crippen LogP contribution in [-0.4, -0.2) is 89.0 Å². The van der Waals surface area contributed by atoms with Gasteiger partial charge in [0.25, 0.3) is 0 Å². The van der Waals surface area contributed by atoms with Crippen LogP contribution in [0.5, 0.6) is 0 Å². The average Bonchev–Trinajstić information content (AvgIpc) is 2.98. The third-order valence-electron chi connectivity index (χ3n) is 7.06. The molecule has 1 saturated heterocycles. The summed E-state index contributed by atoms with van der Waals surface area (Å²) in [5.74, 6) is -0.888. The van der Waals surface area contributed by atoms with Crippen LogP contribution >= 0.6 is 0 Å². The molecule has 0 spiro atoms. The highest BCUT2D eigenvalue weighted by Crippen LogP contribution is 2.22. The Morgan fingerprint density at radius 3 is 2.02 bits per heavy atom. The molecule has 10 nitrogen and oxygen atoms in total. The van der Waals surface area contributed by atoms with Crippen molar-refractivity contribution in [3.05, 3.63) is 24.3 Å². The Morgan fingerprint density at radius 2 is 1.38 bits per heavy atom. The highest BCUT2D eigenvalue weighted by atomic mass is 16.7. The third-order valence-corrected chi connectivity index (χ3v) is 7.06. The summed E-state index contributed by atoms with van der Waals surface area (Å²) in [7, 11) is 0. The monoisotopic (exact) mass is 600 g/mol. The smallest absolute Gasteiger partial charge is 0.306 e. The molecular weight excluding hydrogens is 544 g/mol. The van der Waals surface area contributed by atoms with Gasteiger partial charge in [-0.25, -0.2) is 0 Å². The summed E-state index contributed by atoms with van der Waals surface area (Å²) < 4.78 is 21.5. The lowest BCUT2D eigenvalue weighted by Crippen LogP contribution is -2.59. The molecule has 42 heavy (non-hydrogen) atoms. The SMILES string of the molecule is CCCCCC/C=C\C/C=C\CCCCCCCC(=O)OC(COC(=O)CCC)COC1OC(CO)C(O)C(O)C1O. The van der Waals surface area contributed by atoms with Gasteiger partial charge in [0.05, 0.1) is 13.2 Å². The molecule has 0 radical (unpaired) electrons. The minimum atomic E-state index is -1.59. The minimum Gasteiger partial charge on any atom is -0.462 e. The zero-order chi connectivity index (χ0) is 31.0. The molecule has 0 bridgehead atoms. The number of hydrogen-bond donors (Lipinski definition) is 4. The van der Waals surface area contributed by atoms with Crippen molar-refractivity contribution in [2.24, 2.45) is 0 Å². The second kappa shape index (κ2) is 24.6. The van der Waals surface area contributed by atoms with Crippen LogP contribution in [0.4, 0.5) is 0 Å². The lowest BCUT2D eigenvalue weighted by Gasteiger charge is -2.39. The molecule has 1 aliphatic rings. The molecule has 6 unspecified atom stereocenters. The van der Waals surface area contributed by atoms with Gasteiger partial charge in [0.15, 0.2) is 12.4 Å². The Balaban J connectivity index is 2.30. The molecule has 0 aromatic heterocycles. The topological polar surface area (TPSA) is 152 Å². The first-order chi connectivity index (χ1) is 20.3. The molecule has 0 aromatic carbocycles. The molecule has 10 heteroatoms. The fraction of sp³-hybridized carbons (Fsp3) is 0.812. The van der Waals surface area contributed by atoms with E-state index in [9.17, 15) is 30.0 Å². The number of aliphatic hydroxyl groups is 4. The number of carbonyl (C=O) groups is 2. The highest BCUT2D eigenvalue weighted by molar-refractivity contribution is 5.70. The van der Waals surface area contributed by atoms with E-state index in [-0.39, 0.29) is 26.1 Å². The Labute approximate surface area is 252 Å². The molecular formula is C32H56O10. The van der Waals surface area contributed by atoms with E-state index in [2.05, 4.69) is 31.2 Å². The van der Waals surface area contributed by atoms with Crippen LogP contribution in [0.2, 0.25) is 0 Å². The van der Waals surface area contributed by atoms with Crippen LogP contribution < -0.4 is 0 Å². The van der Waals surface area contributed by atoms with Crippen LogP contribution in [0.3, 0.4) is 0 Å². The van der Waals surface area contributed by atoms with Gasteiger partial charge >= 0.3 is 11.9 Å². The summed E-state index contributed by atoms with van der Waals surface area (Å²) in [4.78, 5) is 24.3. The van der Waals surface area contributed by atoms with E-state index in [0.717, 1.165) is 38.5 Å². The lowest BCUT2D eigenvalue weighted by molar-refractivity contribution is -0.305. The largest absolute Gasteiger partial charge is 0.462 e. The van der Waals surface area contributed by atoms with Crippen LogP contribution in [0, 0.1) is 0 Å². The van der Waals surface area contributed by atoms with Crippen LogP contribution in [0.1, 0.15) is 110 Å². The van der Waals surface area contributed by atoms with Crippen molar-refractivity contribution in [2.45, 2.75) is 147 Å². The van der Waals surface area contributed by atoms with Crippen molar-refractivity contribution in [2.75, 3.05) is 19.8 Å². The number of hydrogen-bond acceptors (Lipinski definition) is 10. The van der Waals surface area contributed by atoms with Gasteiger partial charge in [0, 0.05) is 12.8 Å². The summed E-state index contributed by atoms with van der Waals surface area (Å²) in [6.07, 6.45) is 15.1. The van der Waals surface area contributed by atoms with Crippen molar-refractivity contribution in [3.63, 3.8) is 0 Å². The normalized spacial score (nSPS) is 23.4. The molecule has 244 valence electrons. The van der Waals surface area contributed by atoms with Gasteiger partial charge in [0.2, 0.25) is 0 Å². The van der Waals surface area contributed by atoms with Gasteiger partial charge in [-0.1, -0.05) is 76.7 Å². The number of ether oxygens (including phenoxy) is 4. The summed E-state index contributed by atoms with van der Waals surface area (Å²) in [5, 5.41) is 39.4. The average molecular weight is 601 g/mol. The number of aliphatic hydroxyl groups excluding tert-OH is 4. The van der Waals surface area contributed by atoms with Crippen LogP contribution in [-0.2, 0) is 28.5 Å². The number of unbranched alkanes of at least 4 members (excludes halogenated alkanes) is 9. The summed E-state index contributed by atoms with van der Waals surface area (Å²) in [6, 6.07) is 0. The fourth-order valence-electron chi connectivity index (χ4n) is 4.49. The predicted octanol–water partition coefficient (Wildman–Crippen LogP) is 4.26. The Kier molecular flexibility index (Phi) is 22.4. The zero-order valence-electron chi connectivity index (χ0n) is 25.7. The molecule has 1 rings (SSSR count). The standard InChI is InChI=1S/C32H56O10/c1-3-5-6-7-8-9-10-11-12-13-14-15-16-17-18-19-21-28(35)41-25(23-39-27(34)20-4-2)24-40-32-31(38)30(37)29(36)26(22-33)42-32/h9-10,12-13,25-26,29-33,36-38H,3-8,11,14-24H2,1-2H3/b10-9-,13-12-. The van der Waals surface area contributed by atoms with Gasteiger partial charge < -0.3 is 39.4 Å². The number of allylic oxidation sites excluding steroid dienone is 4. The van der Waals surface area contributed by atoms with Gasteiger partial charge in [-0.15, -0.1) is 0 Å². The number of carbonyl (C=O) groups excluding carboxylic acids is 2. The summed E-state index contributed by atoms with van der Waals surface area (Å²) >= 11 is 0. The number of esters is 2. The third kappa shape index (κ3) is 17.3. The van der Waals surface area contributed by atoms with Crippen molar-refractivity contribution in [1.82, 2.24) is 0 Å². The van der Waals surface area contributed by atoms with Crippen molar-refractivity contribution >= 4 is 11.9 Å². The van der Waals surface area contributed by atoms with Gasteiger partial charge in [-0.3, -0.25) is 9.59 Å². The fourth-order valence-corrected chi connectivity index (χ4v) is 4.49. The van der Waals surface area contributed by atoms with Gasteiger partial charge in [0.1, 0.15) is 31.0 Å². The lowest BCUT2D eigenvalue weighted by atomic mass is 9.99. The van der Waals surface area contributed by atoms with Crippen molar-refractivity contribution in [1.29, 1.82) is 0 Å². The van der Waals surface area contributed by atoms with E-state index in [4.69, 9.17) is 18.9 Å². The van der Waals surface area contributed by atoms with E-state index in [1.165, 1.54) is 32.1 Å². The first-order valence-electron chi connectivity index (χ1n) is 15.9. The van der Waals surface area contributed by atoms with Crippen LogP contribution in [0.15, 0.2) is 24.3 Å². The zero-order valence-corrected chi connectivity index (χ0v) is 25.7. The second-order valence-corrected chi connectivity index (χ2v) is 10.9. The van der Waals surface area contributed by atoms with E-state index in [1.807, 2.05) is 6.92 Å². The first-order valence-corrected chi connectivity index (χ1v) is 15.9. The van der Waals surface area contributed by atoms with Gasteiger partial charge in [-0.2, -0.15) is 0 Å². The van der Waals surface area contributed by atoms with Crippen LogP contribution in [0.25, 0.3) is 0 Å². The molecule has 1 heterocycles. The quantitative estimate of drug-likeness (QED) is 0.0718. The second-order valence-electron chi connectivity index (χ2n) is 10.9. The van der Waals surface area contributed by atoms with E-state index >= 15 is 0 Å². The molecule has 0 aliphatic carbocycles. The van der Waals surface area contributed by atoms with Gasteiger partial charge in [-0.05, 0) is 44.9 Å².